The zero-order valence-corrected chi connectivity index (χ0v) is 17.9. The maximum atomic E-state index is 12.9. The molecule has 150 valence electrons. The highest BCUT2D eigenvalue weighted by atomic mass is 79.9. The third kappa shape index (κ3) is 6.46. The summed E-state index contributed by atoms with van der Waals surface area (Å²) in [7, 11) is 0. The molecule has 0 bridgehead atoms. The van der Waals surface area contributed by atoms with Crippen molar-refractivity contribution in [2.24, 2.45) is 5.92 Å². The molecule has 0 fully saturated rings. The van der Waals surface area contributed by atoms with Gasteiger partial charge in [0.25, 0.3) is 0 Å². The first-order valence-corrected chi connectivity index (χ1v) is 10.2. The van der Waals surface area contributed by atoms with E-state index in [1.807, 2.05) is 44.2 Å². The van der Waals surface area contributed by atoms with E-state index in [1.165, 1.54) is 0 Å². The van der Waals surface area contributed by atoms with E-state index in [0.717, 1.165) is 4.47 Å². The van der Waals surface area contributed by atoms with Crippen LogP contribution < -0.4 is 10.6 Å². The van der Waals surface area contributed by atoms with Crippen molar-refractivity contribution >= 4 is 27.7 Å². The molecule has 0 saturated heterocycles. The van der Waals surface area contributed by atoms with Crippen molar-refractivity contribution in [3.63, 3.8) is 0 Å². The second-order valence-electron chi connectivity index (χ2n) is 7.30. The number of nitrogens with one attached hydrogen (secondary N) is 2. The molecule has 5 nitrogen and oxygen atoms in total. The van der Waals surface area contributed by atoms with Crippen molar-refractivity contribution in [2.75, 3.05) is 0 Å². The predicted molar refractivity (Wildman–Crippen MR) is 113 cm³/mol. The first kappa shape index (κ1) is 22.1. The van der Waals surface area contributed by atoms with Crippen LogP contribution >= 0.6 is 15.9 Å². The van der Waals surface area contributed by atoms with Gasteiger partial charge >= 0.3 is 0 Å². The number of benzene rings is 2. The number of amides is 2. The first-order chi connectivity index (χ1) is 13.3. The molecule has 2 amide bonds. The molecule has 0 spiro atoms. The molecule has 6 heteroatoms. The van der Waals surface area contributed by atoms with Crippen molar-refractivity contribution in [3.05, 3.63) is 70.2 Å². The number of rotatable bonds is 8. The van der Waals surface area contributed by atoms with Crippen LogP contribution in [0.15, 0.2) is 59.1 Å². The highest BCUT2D eigenvalue weighted by Crippen LogP contribution is 2.21. The van der Waals surface area contributed by atoms with E-state index in [9.17, 15) is 14.7 Å². The molecule has 0 aromatic heterocycles. The van der Waals surface area contributed by atoms with Crippen molar-refractivity contribution in [2.45, 2.75) is 45.4 Å². The van der Waals surface area contributed by atoms with E-state index in [4.69, 9.17) is 0 Å². The van der Waals surface area contributed by atoms with E-state index in [2.05, 4.69) is 26.6 Å². The summed E-state index contributed by atoms with van der Waals surface area (Å²) in [5.74, 6) is -0.343. The minimum absolute atomic E-state index is 0.180. The van der Waals surface area contributed by atoms with Gasteiger partial charge in [0.1, 0.15) is 6.04 Å². The summed E-state index contributed by atoms with van der Waals surface area (Å²) >= 11 is 3.36. The maximum absolute atomic E-state index is 12.9. The largest absolute Gasteiger partial charge is 0.386 e. The molecule has 0 aliphatic rings. The number of carbonyl (C=O) groups is 2. The zero-order valence-electron chi connectivity index (χ0n) is 16.4. The van der Waals surface area contributed by atoms with Crippen LogP contribution in [0.5, 0.6) is 0 Å². The minimum atomic E-state index is -0.861. The van der Waals surface area contributed by atoms with Crippen LogP contribution in [0.3, 0.4) is 0 Å². The monoisotopic (exact) mass is 446 g/mol. The van der Waals surface area contributed by atoms with Crippen LogP contribution in [-0.2, 0) is 9.59 Å². The Kier molecular flexibility index (Phi) is 8.20. The quantitative estimate of drug-likeness (QED) is 0.575. The first-order valence-electron chi connectivity index (χ1n) is 9.36. The summed E-state index contributed by atoms with van der Waals surface area (Å²) < 4.78 is 0.914. The molecule has 0 saturated carbocycles. The Bertz CT molecular complexity index is 778. The van der Waals surface area contributed by atoms with E-state index in [-0.39, 0.29) is 17.7 Å². The van der Waals surface area contributed by atoms with Gasteiger partial charge in [0, 0.05) is 10.9 Å². The molecule has 2 aromatic carbocycles. The standard InChI is InChI=1S/C22H27BrN2O3/c1-14(2)13-19(26)25-20(16-7-5-4-6-8-16)22(28)24-15(3)21(27)17-9-11-18(23)12-10-17/h4-12,14-15,20-21,27H,13H2,1-3H3,(H,24,28)(H,25,26). The number of carbonyl (C=O) groups excluding carboxylic acids is 2. The molecule has 0 heterocycles. The van der Waals surface area contributed by atoms with E-state index < -0.39 is 18.2 Å². The lowest BCUT2D eigenvalue weighted by atomic mass is 10.0. The van der Waals surface area contributed by atoms with Crippen molar-refractivity contribution < 1.29 is 14.7 Å². The van der Waals surface area contributed by atoms with Gasteiger partial charge in [-0.15, -0.1) is 0 Å². The van der Waals surface area contributed by atoms with Crippen molar-refractivity contribution in [1.29, 1.82) is 0 Å². The molecule has 0 aliphatic heterocycles. The summed E-state index contributed by atoms with van der Waals surface area (Å²) in [6.45, 7) is 5.64. The van der Waals surface area contributed by atoms with Gasteiger partial charge in [0.05, 0.1) is 12.1 Å². The van der Waals surface area contributed by atoms with Gasteiger partial charge < -0.3 is 15.7 Å². The number of aliphatic hydroxyl groups is 1. The molecular formula is C22H27BrN2O3. The fourth-order valence-corrected chi connectivity index (χ4v) is 3.14. The molecular weight excluding hydrogens is 420 g/mol. The third-order valence-corrected chi connectivity index (χ3v) is 4.88. The summed E-state index contributed by atoms with van der Waals surface area (Å²) in [6, 6.07) is 15.0. The smallest absolute Gasteiger partial charge is 0.247 e. The normalized spacial score (nSPS) is 14.2. The summed E-state index contributed by atoms with van der Waals surface area (Å²) in [6.07, 6.45) is -0.520. The van der Waals surface area contributed by atoms with Gasteiger partial charge in [0.15, 0.2) is 0 Å². The molecule has 3 atom stereocenters. The third-order valence-electron chi connectivity index (χ3n) is 4.35. The van der Waals surface area contributed by atoms with Crippen LogP contribution in [0.25, 0.3) is 0 Å². The number of hydrogen-bond acceptors (Lipinski definition) is 3. The second-order valence-corrected chi connectivity index (χ2v) is 8.22. The number of halogens is 1. The van der Waals surface area contributed by atoms with E-state index in [0.29, 0.717) is 17.5 Å². The number of hydrogen-bond donors (Lipinski definition) is 3. The van der Waals surface area contributed by atoms with Crippen LogP contribution in [0.2, 0.25) is 0 Å². The van der Waals surface area contributed by atoms with Gasteiger partial charge in [-0.05, 0) is 36.1 Å². The molecule has 2 rings (SSSR count). The average Bonchev–Trinajstić information content (AvgIpc) is 2.66. The summed E-state index contributed by atoms with van der Waals surface area (Å²) in [5, 5.41) is 16.2. The van der Waals surface area contributed by atoms with E-state index in [1.54, 1.807) is 31.2 Å². The molecule has 0 radical (unpaired) electrons. The van der Waals surface area contributed by atoms with Crippen molar-refractivity contribution in [3.8, 4) is 0 Å². The lowest BCUT2D eigenvalue weighted by Gasteiger charge is -2.25. The number of aliphatic hydroxyl groups excluding tert-OH is 1. The molecule has 28 heavy (non-hydrogen) atoms. The van der Waals surface area contributed by atoms with Crippen LogP contribution in [0, 0.1) is 5.92 Å². The molecule has 0 aliphatic carbocycles. The Hall–Kier alpha value is -2.18. The SMILES string of the molecule is CC(C)CC(=O)NC(C(=O)NC(C)C(O)c1ccc(Br)cc1)c1ccccc1. The van der Waals surface area contributed by atoms with Gasteiger partial charge in [0.2, 0.25) is 11.8 Å². The minimum Gasteiger partial charge on any atom is -0.386 e. The van der Waals surface area contributed by atoms with Gasteiger partial charge in [-0.1, -0.05) is 72.2 Å². The summed E-state index contributed by atoms with van der Waals surface area (Å²) in [5.41, 5.74) is 1.40. The average molecular weight is 447 g/mol. The highest BCUT2D eigenvalue weighted by Gasteiger charge is 2.26. The molecule has 3 unspecified atom stereocenters. The molecule has 3 N–H and O–H groups in total. The predicted octanol–water partition coefficient (Wildman–Crippen LogP) is 3.89. The molecule has 2 aromatic rings. The second kappa shape index (κ2) is 10.4. The Balaban J connectivity index is 2.12. The fraction of sp³-hybridized carbons (Fsp3) is 0.364. The zero-order chi connectivity index (χ0) is 20.7. The Morgan fingerprint density at radius 2 is 1.54 bits per heavy atom. The Morgan fingerprint density at radius 3 is 2.11 bits per heavy atom. The Labute approximate surface area is 174 Å². The Morgan fingerprint density at radius 1 is 0.929 bits per heavy atom. The van der Waals surface area contributed by atoms with E-state index >= 15 is 0 Å². The van der Waals surface area contributed by atoms with Crippen LogP contribution in [-0.4, -0.2) is 23.0 Å². The lowest BCUT2D eigenvalue weighted by molar-refractivity contribution is -0.130. The maximum Gasteiger partial charge on any atom is 0.247 e. The fourth-order valence-electron chi connectivity index (χ4n) is 2.87. The van der Waals surface area contributed by atoms with Gasteiger partial charge in [-0.25, -0.2) is 0 Å². The van der Waals surface area contributed by atoms with Gasteiger partial charge in [-0.2, -0.15) is 0 Å². The van der Waals surface area contributed by atoms with Crippen LogP contribution in [0.4, 0.5) is 0 Å². The summed E-state index contributed by atoms with van der Waals surface area (Å²) in [4.78, 5) is 25.2. The van der Waals surface area contributed by atoms with Gasteiger partial charge in [-0.3, -0.25) is 9.59 Å². The highest BCUT2D eigenvalue weighted by molar-refractivity contribution is 9.10. The van der Waals surface area contributed by atoms with Crippen molar-refractivity contribution in [1.82, 2.24) is 10.6 Å². The lowest BCUT2D eigenvalue weighted by Crippen LogP contribution is -2.45. The topological polar surface area (TPSA) is 78.4 Å². The van der Waals surface area contributed by atoms with Crippen LogP contribution in [0.1, 0.15) is 50.5 Å².